The van der Waals surface area contributed by atoms with E-state index in [1.54, 1.807) is 4.90 Å². The van der Waals surface area contributed by atoms with Gasteiger partial charge in [0.1, 0.15) is 5.82 Å². The first-order valence-corrected chi connectivity index (χ1v) is 12.7. The van der Waals surface area contributed by atoms with Gasteiger partial charge >= 0.3 is 0 Å². The van der Waals surface area contributed by atoms with Gasteiger partial charge in [0.05, 0.1) is 22.5 Å². The first kappa shape index (κ1) is 21.8. The molecule has 2 heterocycles. The van der Waals surface area contributed by atoms with Crippen molar-refractivity contribution in [2.24, 2.45) is 0 Å². The Morgan fingerprint density at radius 3 is 2.64 bits per heavy atom. The highest BCUT2D eigenvalue weighted by molar-refractivity contribution is 7.90. The summed E-state index contributed by atoms with van der Waals surface area (Å²) >= 11 is 0. The third-order valence-corrected chi connectivity index (χ3v) is 7.80. The molecule has 0 unspecified atom stereocenters. The SMILES string of the molecule is CS(=O)(=O)c1cc(F)ccc1Nc1cccc2c1C[C@]21CC(=O)N(C2CCOCC2)C(=N)N1. The van der Waals surface area contributed by atoms with E-state index >= 15 is 0 Å². The van der Waals surface area contributed by atoms with Gasteiger partial charge in [-0.2, -0.15) is 0 Å². The number of carbonyl (C=O) groups is 1. The van der Waals surface area contributed by atoms with E-state index in [4.69, 9.17) is 10.1 Å². The average molecular weight is 473 g/mol. The number of benzene rings is 2. The zero-order valence-corrected chi connectivity index (χ0v) is 19.0. The zero-order chi connectivity index (χ0) is 23.4. The fourth-order valence-electron chi connectivity index (χ4n) is 5.08. The molecule has 0 radical (unpaired) electrons. The molecule has 33 heavy (non-hydrogen) atoms. The number of fused-ring (bicyclic) bond motifs is 2. The number of hydrogen-bond donors (Lipinski definition) is 3. The second-order valence-electron chi connectivity index (χ2n) is 8.89. The average Bonchev–Trinajstić information content (AvgIpc) is 2.75. The fourth-order valence-corrected chi connectivity index (χ4v) is 5.93. The van der Waals surface area contributed by atoms with Crippen LogP contribution in [0.4, 0.5) is 15.8 Å². The van der Waals surface area contributed by atoms with Crippen LogP contribution < -0.4 is 10.6 Å². The van der Waals surface area contributed by atoms with Crippen molar-refractivity contribution in [1.29, 1.82) is 5.41 Å². The van der Waals surface area contributed by atoms with Gasteiger partial charge in [0.25, 0.3) is 0 Å². The summed E-state index contributed by atoms with van der Waals surface area (Å²) in [6.07, 6.45) is 3.23. The molecule has 1 spiro atoms. The summed E-state index contributed by atoms with van der Waals surface area (Å²) in [5.41, 5.74) is 2.18. The number of amides is 1. The Kier molecular flexibility index (Phi) is 5.17. The molecule has 10 heteroatoms. The third kappa shape index (κ3) is 3.76. The molecule has 0 aromatic heterocycles. The van der Waals surface area contributed by atoms with Crippen LogP contribution in [0.1, 0.15) is 30.4 Å². The van der Waals surface area contributed by atoms with Crippen LogP contribution in [0.15, 0.2) is 41.3 Å². The van der Waals surface area contributed by atoms with Crippen molar-refractivity contribution < 1.29 is 22.3 Å². The maximum atomic E-state index is 13.7. The van der Waals surface area contributed by atoms with Gasteiger partial charge in [-0.05, 0) is 48.2 Å². The molecule has 2 aromatic rings. The van der Waals surface area contributed by atoms with Crippen molar-refractivity contribution in [1.82, 2.24) is 10.2 Å². The topological polar surface area (TPSA) is 112 Å². The van der Waals surface area contributed by atoms with Gasteiger partial charge in [-0.25, -0.2) is 12.8 Å². The highest BCUT2D eigenvalue weighted by Crippen LogP contribution is 2.48. The lowest BCUT2D eigenvalue weighted by Crippen LogP contribution is -2.66. The van der Waals surface area contributed by atoms with E-state index < -0.39 is 21.2 Å². The van der Waals surface area contributed by atoms with Crippen LogP contribution in [-0.2, 0) is 31.3 Å². The molecular formula is C23H25FN4O4S. The quantitative estimate of drug-likeness (QED) is 0.631. The zero-order valence-electron chi connectivity index (χ0n) is 18.2. The van der Waals surface area contributed by atoms with E-state index in [0.29, 0.717) is 43.9 Å². The highest BCUT2D eigenvalue weighted by atomic mass is 32.2. The Labute approximate surface area is 191 Å². The monoisotopic (exact) mass is 472 g/mol. The van der Waals surface area contributed by atoms with Gasteiger partial charge in [-0.1, -0.05) is 12.1 Å². The maximum Gasteiger partial charge on any atom is 0.232 e. The van der Waals surface area contributed by atoms with E-state index in [1.807, 2.05) is 18.2 Å². The first-order chi connectivity index (χ1) is 15.7. The summed E-state index contributed by atoms with van der Waals surface area (Å²) < 4.78 is 43.4. The van der Waals surface area contributed by atoms with Crippen LogP contribution in [0.2, 0.25) is 0 Å². The van der Waals surface area contributed by atoms with Gasteiger partial charge in [0.2, 0.25) is 5.91 Å². The number of carbonyl (C=O) groups excluding carboxylic acids is 1. The Morgan fingerprint density at radius 1 is 1.18 bits per heavy atom. The summed E-state index contributed by atoms with van der Waals surface area (Å²) in [4.78, 5) is 14.5. The molecule has 0 saturated carbocycles. The molecule has 3 N–H and O–H groups in total. The van der Waals surface area contributed by atoms with Gasteiger partial charge in [0.15, 0.2) is 15.8 Å². The molecule has 2 fully saturated rings. The Bertz CT molecular complexity index is 1240. The number of hydrogen-bond acceptors (Lipinski definition) is 6. The van der Waals surface area contributed by atoms with Crippen LogP contribution in [0.25, 0.3) is 0 Å². The number of nitrogens with one attached hydrogen (secondary N) is 3. The summed E-state index contributed by atoms with van der Waals surface area (Å²) in [6, 6.07) is 9.16. The van der Waals surface area contributed by atoms with Crippen molar-refractivity contribution in [3.05, 3.63) is 53.3 Å². The molecule has 1 amide bonds. The molecule has 2 aliphatic heterocycles. The molecule has 2 aromatic carbocycles. The van der Waals surface area contributed by atoms with E-state index in [-0.39, 0.29) is 29.2 Å². The van der Waals surface area contributed by atoms with Crippen LogP contribution in [-0.4, -0.2) is 50.7 Å². The predicted octanol–water partition coefficient (Wildman–Crippen LogP) is 2.66. The molecular weight excluding hydrogens is 447 g/mol. The van der Waals surface area contributed by atoms with Crippen molar-refractivity contribution in [2.75, 3.05) is 24.8 Å². The number of rotatable bonds is 4. The molecule has 2 saturated heterocycles. The summed E-state index contributed by atoms with van der Waals surface area (Å²) in [6.45, 7) is 1.17. The number of guanidine groups is 1. The van der Waals surface area contributed by atoms with E-state index in [9.17, 15) is 17.6 Å². The Balaban J connectivity index is 1.42. The second-order valence-corrected chi connectivity index (χ2v) is 10.9. The summed E-state index contributed by atoms with van der Waals surface area (Å²) in [5.74, 6) is -0.592. The first-order valence-electron chi connectivity index (χ1n) is 10.8. The van der Waals surface area contributed by atoms with Gasteiger partial charge in [-0.15, -0.1) is 0 Å². The second kappa shape index (κ2) is 7.81. The third-order valence-electron chi connectivity index (χ3n) is 6.66. The van der Waals surface area contributed by atoms with Crippen LogP contribution in [0.5, 0.6) is 0 Å². The molecule has 174 valence electrons. The Morgan fingerprint density at radius 2 is 1.94 bits per heavy atom. The number of ether oxygens (including phenoxy) is 1. The highest BCUT2D eigenvalue weighted by Gasteiger charge is 2.51. The van der Waals surface area contributed by atoms with E-state index in [2.05, 4.69) is 10.6 Å². The molecule has 5 rings (SSSR count). The lowest BCUT2D eigenvalue weighted by atomic mass is 9.67. The number of halogens is 1. The van der Waals surface area contributed by atoms with E-state index in [1.165, 1.54) is 12.1 Å². The minimum absolute atomic E-state index is 0.0240. The smallest absolute Gasteiger partial charge is 0.232 e. The summed E-state index contributed by atoms with van der Waals surface area (Å²) in [7, 11) is -3.64. The lowest BCUT2D eigenvalue weighted by molar-refractivity contribution is -0.134. The van der Waals surface area contributed by atoms with Gasteiger partial charge in [-0.3, -0.25) is 15.1 Å². The fraction of sp³-hybridized carbons (Fsp3) is 0.391. The van der Waals surface area contributed by atoms with Crippen LogP contribution in [0.3, 0.4) is 0 Å². The number of sulfone groups is 1. The normalized spacial score (nSPS) is 23.2. The largest absolute Gasteiger partial charge is 0.381 e. The maximum absolute atomic E-state index is 13.7. The van der Waals surface area contributed by atoms with Gasteiger partial charge in [0, 0.05) is 37.6 Å². The van der Waals surface area contributed by atoms with Crippen LogP contribution in [0, 0.1) is 11.2 Å². The molecule has 3 aliphatic rings. The lowest BCUT2D eigenvalue weighted by Gasteiger charge is -2.51. The number of nitrogens with zero attached hydrogens (tertiary/aromatic N) is 1. The standard InChI is InChI=1S/C23H25FN4O4S/c1-33(30,31)20-11-14(24)5-6-19(20)26-18-4-2-3-17-16(18)12-23(17)13-21(29)28(22(25)27-23)15-7-9-32-10-8-15/h2-6,11,15,26H,7-10,12-13H2,1H3,(H2,25,27)/t23-/m0/s1. The van der Waals surface area contributed by atoms with Crippen molar-refractivity contribution in [3.63, 3.8) is 0 Å². The summed E-state index contributed by atoms with van der Waals surface area (Å²) in [5, 5.41) is 14.9. The van der Waals surface area contributed by atoms with Gasteiger partial charge < -0.3 is 15.4 Å². The minimum atomic E-state index is -3.64. The van der Waals surface area contributed by atoms with Crippen molar-refractivity contribution in [2.45, 2.75) is 42.2 Å². The van der Waals surface area contributed by atoms with Crippen molar-refractivity contribution >= 4 is 33.1 Å². The molecule has 8 nitrogen and oxygen atoms in total. The Hall–Kier alpha value is -2.98. The molecule has 0 bridgehead atoms. The molecule has 1 atom stereocenters. The van der Waals surface area contributed by atoms with Crippen LogP contribution >= 0.6 is 0 Å². The predicted molar refractivity (Wildman–Crippen MR) is 121 cm³/mol. The minimum Gasteiger partial charge on any atom is -0.381 e. The number of anilines is 2. The van der Waals surface area contributed by atoms with Crippen molar-refractivity contribution in [3.8, 4) is 0 Å². The molecule has 1 aliphatic carbocycles. The van der Waals surface area contributed by atoms with E-state index in [0.717, 1.165) is 23.4 Å².